The van der Waals surface area contributed by atoms with Crippen LogP contribution in [-0.2, 0) is 13.2 Å². The Kier molecular flexibility index (Phi) is 6.14. The molecule has 0 heterocycles. The van der Waals surface area contributed by atoms with Gasteiger partial charge in [-0.2, -0.15) is 0 Å². The number of halogens is 1. The fourth-order valence-electron chi connectivity index (χ4n) is 3.49. The first-order chi connectivity index (χ1) is 14.2. The molecule has 0 bridgehead atoms. The number of hydrogen-bond acceptors (Lipinski definition) is 2. The standard InChI is InChI=1S/C26H24ClNO/c1-19(21-7-3-2-4-8-21)28-17-25-24-10-6-5-9-22(24)13-16-26(25)29-18-20-11-14-23(27)15-12-20/h2-16,19,28H,17-18H2,1H3/t19-/m0/s1. The van der Waals surface area contributed by atoms with E-state index in [0.717, 1.165) is 22.9 Å². The number of rotatable bonds is 7. The Balaban J connectivity index is 1.57. The van der Waals surface area contributed by atoms with Crippen molar-refractivity contribution in [1.82, 2.24) is 5.32 Å². The minimum Gasteiger partial charge on any atom is -0.489 e. The zero-order valence-electron chi connectivity index (χ0n) is 16.4. The van der Waals surface area contributed by atoms with Crippen LogP contribution in [0.25, 0.3) is 10.8 Å². The Labute approximate surface area is 177 Å². The summed E-state index contributed by atoms with van der Waals surface area (Å²) in [5, 5.41) is 6.83. The van der Waals surface area contributed by atoms with Crippen LogP contribution < -0.4 is 10.1 Å². The number of ether oxygens (including phenoxy) is 1. The lowest BCUT2D eigenvalue weighted by Crippen LogP contribution is -2.18. The maximum Gasteiger partial charge on any atom is 0.124 e. The summed E-state index contributed by atoms with van der Waals surface area (Å²) in [5.41, 5.74) is 3.55. The molecule has 0 radical (unpaired) electrons. The lowest BCUT2D eigenvalue weighted by molar-refractivity contribution is 0.302. The molecule has 0 fully saturated rings. The first-order valence-electron chi connectivity index (χ1n) is 9.87. The Hall–Kier alpha value is -2.81. The summed E-state index contributed by atoms with van der Waals surface area (Å²) in [7, 11) is 0. The van der Waals surface area contributed by atoms with Gasteiger partial charge in [-0.1, -0.05) is 84.4 Å². The SMILES string of the molecule is C[C@H](NCc1c(OCc2ccc(Cl)cc2)ccc2ccccc12)c1ccccc1. The Morgan fingerprint density at radius 3 is 2.34 bits per heavy atom. The van der Waals surface area contributed by atoms with Gasteiger partial charge in [0.15, 0.2) is 0 Å². The van der Waals surface area contributed by atoms with Crippen LogP contribution in [0.15, 0.2) is 91.0 Å². The van der Waals surface area contributed by atoms with Crippen molar-refractivity contribution in [2.24, 2.45) is 0 Å². The zero-order valence-corrected chi connectivity index (χ0v) is 17.2. The predicted molar refractivity (Wildman–Crippen MR) is 121 cm³/mol. The summed E-state index contributed by atoms with van der Waals surface area (Å²) in [6.45, 7) is 3.43. The summed E-state index contributed by atoms with van der Waals surface area (Å²) in [6.07, 6.45) is 0. The van der Waals surface area contributed by atoms with E-state index in [0.29, 0.717) is 6.61 Å². The van der Waals surface area contributed by atoms with Gasteiger partial charge in [-0.15, -0.1) is 0 Å². The maximum atomic E-state index is 6.23. The number of nitrogens with one attached hydrogen (secondary N) is 1. The van der Waals surface area contributed by atoms with E-state index in [9.17, 15) is 0 Å². The van der Waals surface area contributed by atoms with Gasteiger partial charge >= 0.3 is 0 Å². The van der Waals surface area contributed by atoms with Crippen molar-refractivity contribution in [3.05, 3.63) is 113 Å². The summed E-state index contributed by atoms with van der Waals surface area (Å²) in [6, 6.07) is 31.2. The Morgan fingerprint density at radius 1 is 0.828 bits per heavy atom. The minimum atomic E-state index is 0.249. The Bertz CT molecular complexity index is 1080. The quantitative estimate of drug-likeness (QED) is 0.362. The molecule has 0 aliphatic carbocycles. The van der Waals surface area contributed by atoms with Crippen LogP contribution in [0.4, 0.5) is 0 Å². The molecule has 0 unspecified atom stereocenters. The van der Waals surface area contributed by atoms with E-state index in [1.54, 1.807) is 0 Å². The third-order valence-electron chi connectivity index (χ3n) is 5.19. The molecule has 0 aliphatic rings. The molecule has 4 rings (SSSR count). The van der Waals surface area contributed by atoms with Gasteiger partial charge < -0.3 is 10.1 Å². The molecule has 0 aromatic heterocycles. The van der Waals surface area contributed by atoms with E-state index in [4.69, 9.17) is 16.3 Å². The van der Waals surface area contributed by atoms with Crippen LogP contribution in [0.1, 0.15) is 29.7 Å². The van der Waals surface area contributed by atoms with E-state index in [-0.39, 0.29) is 6.04 Å². The second kappa shape index (κ2) is 9.13. The highest BCUT2D eigenvalue weighted by atomic mass is 35.5. The molecule has 0 spiro atoms. The largest absolute Gasteiger partial charge is 0.489 e. The number of benzene rings is 4. The lowest BCUT2D eigenvalue weighted by Gasteiger charge is -2.18. The van der Waals surface area contributed by atoms with Crippen LogP contribution in [0, 0.1) is 0 Å². The Morgan fingerprint density at radius 2 is 1.55 bits per heavy atom. The van der Waals surface area contributed by atoms with Gasteiger partial charge in [0.2, 0.25) is 0 Å². The molecule has 0 aliphatic heterocycles. The predicted octanol–water partition coefficient (Wildman–Crippen LogP) is 6.92. The average Bonchev–Trinajstić information content (AvgIpc) is 2.78. The highest BCUT2D eigenvalue weighted by molar-refractivity contribution is 6.30. The van der Waals surface area contributed by atoms with Crippen LogP contribution in [0.5, 0.6) is 5.75 Å². The van der Waals surface area contributed by atoms with Gasteiger partial charge in [0.25, 0.3) is 0 Å². The number of fused-ring (bicyclic) bond motifs is 1. The van der Waals surface area contributed by atoms with Crippen molar-refractivity contribution in [3.63, 3.8) is 0 Å². The van der Waals surface area contributed by atoms with Gasteiger partial charge in [-0.3, -0.25) is 0 Å². The third-order valence-corrected chi connectivity index (χ3v) is 5.44. The molecule has 0 saturated carbocycles. The van der Waals surface area contributed by atoms with Crippen molar-refractivity contribution in [2.75, 3.05) is 0 Å². The molecule has 1 N–H and O–H groups in total. The second-order valence-corrected chi connectivity index (χ2v) is 7.63. The molecule has 146 valence electrons. The van der Waals surface area contributed by atoms with Gasteiger partial charge in [-0.05, 0) is 47.0 Å². The summed E-state index contributed by atoms with van der Waals surface area (Å²) < 4.78 is 6.23. The minimum absolute atomic E-state index is 0.249. The molecular formula is C26H24ClNO. The first kappa shape index (κ1) is 19.5. The van der Waals surface area contributed by atoms with Crippen molar-refractivity contribution < 1.29 is 4.74 Å². The van der Waals surface area contributed by atoms with Crippen LogP contribution in [0.2, 0.25) is 5.02 Å². The van der Waals surface area contributed by atoms with E-state index in [1.807, 2.05) is 30.3 Å². The molecular weight excluding hydrogens is 378 g/mol. The molecule has 4 aromatic carbocycles. The molecule has 29 heavy (non-hydrogen) atoms. The highest BCUT2D eigenvalue weighted by Gasteiger charge is 2.12. The normalized spacial score (nSPS) is 12.1. The summed E-state index contributed by atoms with van der Waals surface area (Å²) in [4.78, 5) is 0. The molecule has 0 saturated heterocycles. The van der Waals surface area contributed by atoms with Crippen LogP contribution in [0.3, 0.4) is 0 Å². The van der Waals surface area contributed by atoms with Gasteiger partial charge in [0.1, 0.15) is 12.4 Å². The fourth-order valence-corrected chi connectivity index (χ4v) is 3.62. The maximum absolute atomic E-state index is 6.23. The van der Waals surface area contributed by atoms with Gasteiger partial charge in [0, 0.05) is 23.2 Å². The van der Waals surface area contributed by atoms with Crippen molar-refractivity contribution in [2.45, 2.75) is 26.1 Å². The van der Waals surface area contributed by atoms with Crippen LogP contribution in [-0.4, -0.2) is 0 Å². The molecule has 2 nitrogen and oxygen atoms in total. The fraction of sp³-hybridized carbons (Fsp3) is 0.154. The van der Waals surface area contributed by atoms with Crippen molar-refractivity contribution in [3.8, 4) is 5.75 Å². The monoisotopic (exact) mass is 401 g/mol. The molecule has 4 aromatic rings. The van der Waals surface area contributed by atoms with Crippen molar-refractivity contribution >= 4 is 22.4 Å². The molecule has 3 heteroatoms. The first-order valence-corrected chi connectivity index (χ1v) is 10.2. The topological polar surface area (TPSA) is 21.3 Å². The summed E-state index contributed by atoms with van der Waals surface area (Å²) >= 11 is 5.99. The summed E-state index contributed by atoms with van der Waals surface area (Å²) in [5.74, 6) is 0.909. The third kappa shape index (κ3) is 4.79. The highest BCUT2D eigenvalue weighted by Crippen LogP contribution is 2.29. The zero-order chi connectivity index (χ0) is 20.1. The number of hydrogen-bond donors (Lipinski definition) is 1. The van der Waals surface area contributed by atoms with Crippen molar-refractivity contribution in [1.29, 1.82) is 0 Å². The van der Waals surface area contributed by atoms with E-state index in [2.05, 4.69) is 72.9 Å². The second-order valence-electron chi connectivity index (χ2n) is 7.19. The van der Waals surface area contributed by atoms with E-state index < -0.39 is 0 Å². The van der Waals surface area contributed by atoms with E-state index >= 15 is 0 Å². The average molecular weight is 402 g/mol. The smallest absolute Gasteiger partial charge is 0.124 e. The van der Waals surface area contributed by atoms with Gasteiger partial charge in [0.05, 0.1) is 0 Å². The van der Waals surface area contributed by atoms with Gasteiger partial charge in [-0.25, -0.2) is 0 Å². The van der Waals surface area contributed by atoms with E-state index in [1.165, 1.54) is 21.9 Å². The molecule has 0 amide bonds. The molecule has 1 atom stereocenters. The van der Waals surface area contributed by atoms with Crippen LogP contribution >= 0.6 is 11.6 Å². The lowest BCUT2D eigenvalue weighted by atomic mass is 10.0.